The second-order valence-electron chi connectivity index (χ2n) is 4.90. The number of carboxylic acids is 1. The average Bonchev–Trinajstić information content (AvgIpc) is 2.94. The van der Waals surface area contributed by atoms with Crippen molar-refractivity contribution in [2.75, 3.05) is 7.11 Å². The maximum absolute atomic E-state index is 10.7. The summed E-state index contributed by atoms with van der Waals surface area (Å²) in [5.41, 5.74) is 0.925. The molecule has 1 aliphatic carbocycles. The molecule has 1 saturated carbocycles. The average molecular weight is 309 g/mol. The Hall–Kier alpha value is -1.24. The van der Waals surface area contributed by atoms with Crippen LogP contribution in [0.3, 0.4) is 0 Å². The Morgan fingerprint density at radius 2 is 2.35 bits per heavy atom. The Balaban J connectivity index is 1.78. The highest BCUT2D eigenvalue weighted by Crippen LogP contribution is 2.44. The fraction of sp³-hybridized carbons (Fsp3) is 0.429. The number of hydrogen-bond donors (Lipinski definition) is 1. The second kappa shape index (κ2) is 5.63. The second-order valence-corrected chi connectivity index (χ2v) is 6.96. The van der Waals surface area contributed by atoms with Gasteiger partial charge in [-0.05, 0) is 30.9 Å². The fourth-order valence-corrected chi connectivity index (χ4v) is 4.20. The summed E-state index contributed by atoms with van der Waals surface area (Å²) >= 11 is 3.12. The van der Waals surface area contributed by atoms with Gasteiger partial charge in [-0.15, -0.1) is 22.7 Å². The largest absolute Gasteiger partial charge is 0.481 e. The molecule has 0 aliphatic heterocycles. The van der Waals surface area contributed by atoms with Gasteiger partial charge in [-0.2, -0.15) is 0 Å². The zero-order valence-corrected chi connectivity index (χ0v) is 12.7. The third-order valence-corrected chi connectivity index (χ3v) is 5.32. The number of thiophene rings is 1. The van der Waals surface area contributed by atoms with Crippen LogP contribution in [0, 0.1) is 5.92 Å². The number of thiazole rings is 1. The highest BCUT2D eigenvalue weighted by Gasteiger charge is 2.34. The number of rotatable bonds is 6. The summed E-state index contributed by atoms with van der Waals surface area (Å²) in [6.07, 6.45) is 2.63. The van der Waals surface area contributed by atoms with Gasteiger partial charge in [0.1, 0.15) is 11.1 Å². The summed E-state index contributed by atoms with van der Waals surface area (Å²) < 4.78 is 5.54. The lowest BCUT2D eigenvalue weighted by Gasteiger charge is -2.10. The number of carboxylic acid groups (broad SMARTS) is 1. The van der Waals surface area contributed by atoms with E-state index in [0.29, 0.717) is 5.92 Å². The van der Waals surface area contributed by atoms with Crippen molar-refractivity contribution in [2.45, 2.75) is 25.4 Å². The predicted molar refractivity (Wildman–Crippen MR) is 79.2 cm³/mol. The van der Waals surface area contributed by atoms with E-state index < -0.39 is 5.97 Å². The van der Waals surface area contributed by atoms with Gasteiger partial charge in [-0.3, -0.25) is 4.79 Å². The number of carbonyl (C=O) groups is 1. The number of aromatic nitrogens is 1. The topological polar surface area (TPSA) is 59.4 Å². The standard InChI is InChI=1S/C14H15NO3S2/c1-18-13(8-2-3-8)14-15-10(7-19-14)11-5-4-9(20-11)6-12(16)17/h4-5,7-8,13H,2-3,6H2,1H3,(H,16,17). The number of ether oxygens (including phenoxy) is 1. The van der Waals surface area contributed by atoms with Crippen LogP contribution in [0.4, 0.5) is 0 Å². The smallest absolute Gasteiger partial charge is 0.308 e. The lowest BCUT2D eigenvalue weighted by atomic mass is 10.2. The Morgan fingerprint density at radius 3 is 3.00 bits per heavy atom. The van der Waals surface area contributed by atoms with E-state index in [9.17, 15) is 4.79 Å². The molecule has 6 heteroatoms. The molecule has 0 spiro atoms. The first-order valence-electron chi connectivity index (χ1n) is 6.46. The number of nitrogens with zero attached hydrogens (tertiary/aromatic N) is 1. The van der Waals surface area contributed by atoms with Crippen LogP contribution in [0.1, 0.15) is 28.8 Å². The first kappa shape index (κ1) is 13.7. The van der Waals surface area contributed by atoms with E-state index in [4.69, 9.17) is 9.84 Å². The lowest BCUT2D eigenvalue weighted by molar-refractivity contribution is -0.136. The fourth-order valence-electron chi connectivity index (χ4n) is 2.18. The van der Waals surface area contributed by atoms with E-state index in [-0.39, 0.29) is 12.5 Å². The highest BCUT2D eigenvalue weighted by molar-refractivity contribution is 7.16. The van der Waals surface area contributed by atoms with E-state index in [1.807, 2.05) is 17.5 Å². The molecule has 2 aromatic heterocycles. The van der Waals surface area contributed by atoms with Crippen LogP contribution in [0.5, 0.6) is 0 Å². The molecule has 1 unspecified atom stereocenters. The van der Waals surface area contributed by atoms with Crippen LogP contribution < -0.4 is 0 Å². The molecule has 0 radical (unpaired) electrons. The van der Waals surface area contributed by atoms with Gasteiger partial charge >= 0.3 is 5.97 Å². The van der Waals surface area contributed by atoms with Gasteiger partial charge in [0.05, 0.1) is 17.0 Å². The molecule has 1 fully saturated rings. The molecular weight excluding hydrogens is 294 g/mol. The van der Waals surface area contributed by atoms with Crippen molar-refractivity contribution in [1.29, 1.82) is 0 Å². The molecule has 3 rings (SSSR count). The summed E-state index contributed by atoms with van der Waals surface area (Å²) in [4.78, 5) is 17.2. The number of hydrogen-bond acceptors (Lipinski definition) is 5. The van der Waals surface area contributed by atoms with Gasteiger partial charge in [0, 0.05) is 17.4 Å². The third-order valence-electron chi connectivity index (χ3n) is 3.31. The van der Waals surface area contributed by atoms with Crippen molar-refractivity contribution in [1.82, 2.24) is 4.98 Å². The third kappa shape index (κ3) is 2.92. The van der Waals surface area contributed by atoms with Crippen LogP contribution in [0.15, 0.2) is 17.5 Å². The van der Waals surface area contributed by atoms with Crippen LogP contribution in [-0.4, -0.2) is 23.2 Å². The molecule has 1 atom stereocenters. The van der Waals surface area contributed by atoms with Crippen molar-refractivity contribution >= 4 is 28.6 Å². The van der Waals surface area contributed by atoms with Crippen molar-refractivity contribution in [3.63, 3.8) is 0 Å². The molecule has 20 heavy (non-hydrogen) atoms. The van der Waals surface area contributed by atoms with E-state index >= 15 is 0 Å². The summed E-state index contributed by atoms with van der Waals surface area (Å²) in [5.74, 6) is -0.185. The van der Waals surface area contributed by atoms with Crippen LogP contribution in [-0.2, 0) is 16.0 Å². The summed E-state index contributed by atoms with van der Waals surface area (Å²) in [5, 5.41) is 11.9. The Kier molecular flexibility index (Phi) is 3.87. The van der Waals surface area contributed by atoms with Crippen molar-refractivity contribution in [3.8, 4) is 10.6 Å². The minimum atomic E-state index is -0.800. The quantitative estimate of drug-likeness (QED) is 0.886. The lowest BCUT2D eigenvalue weighted by Crippen LogP contribution is -2.02. The highest BCUT2D eigenvalue weighted by atomic mass is 32.1. The molecule has 1 N–H and O–H groups in total. The molecule has 0 bridgehead atoms. The summed E-state index contributed by atoms with van der Waals surface area (Å²) in [7, 11) is 1.74. The van der Waals surface area contributed by atoms with Gasteiger partial charge < -0.3 is 9.84 Å². The van der Waals surface area contributed by atoms with Crippen molar-refractivity contribution in [3.05, 3.63) is 27.4 Å². The molecule has 2 heterocycles. The van der Waals surface area contributed by atoms with E-state index in [0.717, 1.165) is 20.5 Å². The molecule has 2 aromatic rings. The predicted octanol–water partition coefficient (Wildman–Crippen LogP) is 3.60. The Labute approximate surface area is 125 Å². The first-order chi connectivity index (χ1) is 9.67. The van der Waals surface area contributed by atoms with Gasteiger partial charge in [0.15, 0.2) is 0 Å². The van der Waals surface area contributed by atoms with E-state index in [1.54, 1.807) is 18.4 Å². The van der Waals surface area contributed by atoms with Crippen molar-refractivity contribution < 1.29 is 14.6 Å². The van der Waals surface area contributed by atoms with Crippen LogP contribution in [0.25, 0.3) is 10.6 Å². The Morgan fingerprint density at radius 1 is 1.55 bits per heavy atom. The minimum absolute atomic E-state index is 0.0738. The zero-order valence-electron chi connectivity index (χ0n) is 11.0. The SMILES string of the molecule is COC(c1nc(-c2ccc(CC(=O)O)s2)cs1)C1CC1. The molecule has 106 valence electrons. The van der Waals surface area contributed by atoms with Gasteiger partial charge in [-0.25, -0.2) is 4.98 Å². The first-order valence-corrected chi connectivity index (χ1v) is 8.16. The number of aliphatic carboxylic acids is 1. The maximum atomic E-state index is 10.7. The number of methoxy groups -OCH3 is 1. The maximum Gasteiger partial charge on any atom is 0.308 e. The minimum Gasteiger partial charge on any atom is -0.481 e. The van der Waals surface area contributed by atoms with Gasteiger partial charge in [-0.1, -0.05) is 0 Å². The zero-order chi connectivity index (χ0) is 14.1. The van der Waals surface area contributed by atoms with E-state index in [1.165, 1.54) is 24.2 Å². The van der Waals surface area contributed by atoms with E-state index in [2.05, 4.69) is 4.98 Å². The molecule has 4 nitrogen and oxygen atoms in total. The normalized spacial score (nSPS) is 16.2. The molecule has 0 amide bonds. The van der Waals surface area contributed by atoms with Crippen LogP contribution >= 0.6 is 22.7 Å². The molecule has 1 aliphatic rings. The summed E-state index contributed by atoms with van der Waals surface area (Å²) in [6, 6.07) is 3.81. The summed E-state index contributed by atoms with van der Waals surface area (Å²) in [6.45, 7) is 0. The van der Waals surface area contributed by atoms with Crippen molar-refractivity contribution in [2.24, 2.45) is 5.92 Å². The molecule has 0 aromatic carbocycles. The molecular formula is C14H15NO3S2. The van der Waals surface area contributed by atoms with Crippen LogP contribution in [0.2, 0.25) is 0 Å². The van der Waals surface area contributed by atoms with Gasteiger partial charge in [0.2, 0.25) is 0 Å². The Bertz CT molecular complexity index is 615. The van der Waals surface area contributed by atoms with Gasteiger partial charge in [0.25, 0.3) is 0 Å². The monoisotopic (exact) mass is 309 g/mol. The molecule has 0 saturated heterocycles.